The van der Waals surface area contributed by atoms with Gasteiger partial charge in [-0.25, -0.2) is 4.79 Å². The lowest BCUT2D eigenvalue weighted by molar-refractivity contribution is -0.140. The predicted molar refractivity (Wildman–Crippen MR) is 63.4 cm³/mol. The van der Waals surface area contributed by atoms with Crippen LogP contribution in [0.5, 0.6) is 0 Å². The molecule has 1 heterocycles. The summed E-state index contributed by atoms with van der Waals surface area (Å²) >= 11 is 0. The molecule has 1 aliphatic rings. The van der Waals surface area contributed by atoms with E-state index in [0.29, 0.717) is 13.1 Å². The molecule has 2 N–H and O–H groups in total. The van der Waals surface area contributed by atoms with Crippen LogP contribution in [-0.2, 0) is 14.3 Å². The van der Waals surface area contributed by atoms with Crippen molar-refractivity contribution in [2.45, 2.75) is 19.1 Å². The lowest BCUT2D eigenvalue weighted by Gasteiger charge is -2.17. The second kappa shape index (κ2) is 6.55. The van der Waals surface area contributed by atoms with E-state index in [1.165, 1.54) is 0 Å². The molecule has 3 unspecified atom stereocenters. The number of nitrogens with zero attached hydrogens (tertiary/aromatic N) is 1. The second-order valence-corrected chi connectivity index (χ2v) is 4.38. The molecular formula is C11H20N2O5. The third kappa shape index (κ3) is 3.58. The fourth-order valence-electron chi connectivity index (χ4n) is 1.80. The van der Waals surface area contributed by atoms with Crippen molar-refractivity contribution in [3.8, 4) is 0 Å². The summed E-state index contributed by atoms with van der Waals surface area (Å²) in [6.45, 7) is 2.55. The van der Waals surface area contributed by atoms with Gasteiger partial charge in [-0.05, 0) is 0 Å². The van der Waals surface area contributed by atoms with Crippen LogP contribution in [0.3, 0.4) is 0 Å². The van der Waals surface area contributed by atoms with Gasteiger partial charge in [0, 0.05) is 20.8 Å². The van der Waals surface area contributed by atoms with Gasteiger partial charge >= 0.3 is 12.0 Å². The minimum atomic E-state index is -0.929. The maximum atomic E-state index is 11.8. The molecule has 0 aromatic rings. The van der Waals surface area contributed by atoms with Crippen molar-refractivity contribution in [2.75, 3.05) is 33.9 Å². The first kappa shape index (κ1) is 14.7. The number of urea groups is 1. The van der Waals surface area contributed by atoms with E-state index >= 15 is 0 Å². The van der Waals surface area contributed by atoms with E-state index in [2.05, 4.69) is 5.32 Å². The molecule has 1 rings (SSSR count). The fraction of sp³-hybridized carbons (Fsp3) is 0.818. The van der Waals surface area contributed by atoms with Gasteiger partial charge in [-0.2, -0.15) is 0 Å². The zero-order valence-corrected chi connectivity index (χ0v) is 10.9. The molecular weight excluding hydrogens is 240 g/mol. The Kier molecular flexibility index (Phi) is 5.36. The number of carbonyl (C=O) groups is 2. The van der Waals surface area contributed by atoms with E-state index in [4.69, 9.17) is 14.6 Å². The number of carboxylic acid groups (broad SMARTS) is 1. The third-order valence-electron chi connectivity index (χ3n) is 3.09. The number of ether oxygens (including phenoxy) is 2. The maximum absolute atomic E-state index is 11.8. The van der Waals surface area contributed by atoms with Crippen LogP contribution >= 0.6 is 0 Å². The number of aliphatic carboxylic acids is 1. The van der Waals surface area contributed by atoms with E-state index in [1.54, 1.807) is 26.0 Å². The van der Waals surface area contributed by atoms with Crippen LogP contribution in [0.2, 0.25) is 0 Å². The fourth-order valence-corrected chi connectivity index (χ4v) is 1.80. The minimum absolute atomic E-state index is 0.111. The molecule has 1 aliphatic heterocycles. The van der Waals surface area contributed by atoms with Gasteiger partial charge in [0.1, 0.15) is 12.2 Å². The number of hydrogen-bond acceptors (Lipinski definition) is 4. The monoisotopic (exact) mass is 260 g/mol. The van der Waals surface area contributed by atoms with Crippen molar-refractivity contribution in [3.05, 3.63) is 0 Å². The first-order valence-corrected chi connectivity index (χ1v) is 5.80. The van der Waals surface area contributed by atoms with Crippen LogP contribution in [0.4, 0.5) is 4.79 Å². The van der Waals surface area contributed by atoms with Gasteiger partial charge in [0.2, 0.25) is 0 Å². The molecule has 0 aromatic carbocycles. The molecule has 0 saturated carbocycles. The summed E-state index contributed by atoms with van der Waals surface area (Å²) in [5.41, 5.74) is 0. The molecule has 3 atom stereocenters. The van der Waals surface area contributed by atoms with E-state index in [-0.39, 0.29) is 24.8 Å². The highest BCUT2D eigenvalue weighted by Gasteiger charge is 2.35. The van der Waals surface area contributed by atoms with Crippen LogP contribution < -0.4 is 5.32 Å². The number of rotatable bonds is 5. The van der Waals surface area contributed by atoms with Crippen molar-refractivity contribution in [2.24, 2.45) is 5.92 Å². The third-order valence-corrected chi connectivity index (χ3v) is 3.09. The number of nitrogens with one attached hydrogen (secondary N) is 1. The molecule has 0 aliphatic carbocycles. The van der Waals surface area contributed by atoms with Crippen molar-refractivity contribution < 1.29 is 24.2 Å². The normalized spacial score (nSPS) is 24.9. The Labute approximate surface area is 106 Å². The van der Waals surface area contributed by atoms with Crippen LogP contribution in [0.25, 0.3) is 0 Å². The molecule has 0 radical (unpaired) electrons. The SMILES string of the molecule is COC1CN(C(=O)NCC(C)C(=O)O)CC1OC. The van der Waals surface area contributed by atoms with E-state index in [9.17, 15) is 9.59 Å². The molecule has 0 aromatic heterocycles. The summed E-state index contributed by atoms with van der Waals surface area (Å²) in [5.74, 6) is -1.53. The van der Waals surface area contributed by atoms with Gasteiger partial charge in [-0.15, -0.1) is 0 Å². The smallest absolute Gasteiger partial charge is 0.317 e. The Balaban J connectivity index is 2.42. The Hall–Kier alpha value is -1.34. The van der Waals surface area contributed by atoms with Crippen molar-refractivity contribution >= 4 is 12.0 Å². The first-order chi connectivity index (χ1) is 8.49. The standard InChI is InChI=1S/C11H20N2O5/c1-7(10(14)15)4-12-11(16)13-5-8(17-2)9(6-13)18-3/h7-9H,4-6H2,1-3H3,(H,12,16)(H,14,15). The lowest BCUT2D eigenvalue weighted by atomic mass is 10.2. The molecule has 1 saturated heterocycles. The van der Waals surface area contributed by atoms with E-state index in [0.717, 1.165) is 0 Å². The zero-order chi connectivity index (χ0) is 13.7. The summed E-state index contributed by atoms with van der Waals surface area (Å²) in [6, 6.07) is -0.287. The number of methoxy groups -OCH3 is 2. The topological polar surface area (TPSA) is 88.1 Å². The van der Waals surface area contributed by atoms with Gasteiger partial charge in [0.05, 0.1) is 19.0 Å². The lowest BCUT2D eigenvalue weighted by Crippen LogP contribution is -2.42. The van der Waals surface area contributed by atoms with Crippen molar-refractivity contribution in [1.29, 1.82) is 0 Å². The summed E-state index contributed by atoms with van der Waals surface area (Å²) < 4.78 is 10.4. The summed E-state index contributed by atoms with van der Waals surface area (Å²) in [4.78, 5) is 24.0. The molecule has 2 amide bonds. The largest absolute Gasteiger partial charge is 0.481 e. The Bertz CT molecular complexity index is 298. The zero-order valence-electron chi connectivity index (χ0n) is 10.9. The number of carbonyl (C=O) groups excluding carboxylic acids is 1. The van der Waals surface area contributed by atoms with Crippen molar-refractivity contribution in [1.82, 2.24) is 10.2 Å². The van der Waals surface area contributed by atoms with Gasteiger partial charge in [-0.1, -0.05) is 6.92 Å². The molecule has 0 spiro atoms. The highest BCUT2D eigenvalue weighted by Crippen LogP contribution is 2.15. The summed E-state index contributed by atoms with van der Waals surface area (Å²) in [7, 11) is 3.15. The molecule has 0 bridgehead atoms. The molecule has 1 fully saturated rings. The quantitative estimate of drug-likeness (QED) is 0.712. The summed E-state index contributed by atoms with van der Waals surface area (Å²) in [6.07, 6.45) is -0.282. The first-order valence-electron chi connectivity index (χ1n) is 5.80. The number of hydrogen-bond donors (Lipinski definition) is 2. The van der Waals surface area contributed by atoms with Crippen LogP contribution in [0.1, 0.15) is 6.92 Å². The molecule has 7 heteroatoms. The maximum Gasteiger partial charge on any atom is 0.317 e. The van der Waals surface area contributed by atoms with Crippen molar-refractivity contribution in [3.63, 3.8) is 0 Å². The molecule has 18 heavy (non-hydrogen) atoms. The van der Waals surface area contributed by atoms with Crippen LogP contribution in [0, 0.1) is 5.92 Å². The van der Waals surface area contributed by atoms with Gasteiger partial charge in [0.25, 0.3) is 0 Å². The number of amides is 2. The molecule has 7 nitrogen and oxygen atoms in total. The predicted octanol–water partition coefficient (Wildman–Crippen LogP) is -0.238. The minimum Gasteiger partial charge on any atom is -0.481 e. The summed E-state index contributed by atoms with van der Waals surface area (Å²) in [5, 5.41) is 11.3. The highest BCUT2D eigenvalue weighted by atomic mass is 16.5. The van der Waals surface area contributed by atoms with Gasteiger partial charge < -0.3 is 24.8 Å². The van der Waals surface area contributed by atoms with E-state index < -0.39 is 11.9 Å². The second-order valence-electron chi connectivity index (χ2n) is 4.38. The average Bonchev–Trinajstić information content (AvgIpc) is 2.78. The number of likely N-dealkylation sites (tertiary alicyclic amines) is 1. The highest BCUT2D eigenvalue weighted by molar-refractivity contribution is 5.76. The molecule has 104 valence electrons. The average molecular weight is 260 g/mol. The Morgan fingerprint density at radius 3 is 2.22 bits per heavy atom. The van der Waals surface area contributed by atoms with Gasteiger partial charge in [-0.3, -0.25) is 4.79 Å². The number of carboxylic acids is 1. The van der Waals surface area contributed by atoms with Gasteiger partial charge in [0.15, 0.2) is 0 Å². The van der Waals surface area contributed by atoms with E-state index in [1.807, 2.05) is 0 Å². The van der Waals surface area contributed by atoms with Crippen LogP contribution in [0.15, 0.2) is 0 Å². The Morgan fingerprint density at radius 1 is 1.33 bits per heavy atom. The Morgan fingerprint density at radius 2 is 1.83 bits per heavy atom. The van der Waals surface area contributed by atoms with Crippen LogP contribution in [-0.4, -0.2) is 68.1 Å².